The predicted octanol–water partition coefficient (Wildman–Crippen LogP) is 5.47. The molecule has 9 heteroatoms. The SMILES string of the molecule is CC(=O)Oc1cccc([C@@]23CCN(CC4CC4)C[C@@]2(OC(C)=O)CC[C@H](NC(=O)/C=C/c2cc(Br)cs2)C3)c1. The molecule has 5 rings (SSSR count). The van der Waals surface area contributed by atoms with Crippen LogP contribution in [-0.2, 0) is 24.5 Å². The summed E-state index contributed by atoms with van der Waals surface area (Å²) in [5.41, 5.74) is -0.291. The van der Waals surface area contributed by atoms with Crippen LogP contribution in [0.5, 0.6) is 5.75 Å². The Morgan fingerprint density at radius 3 is 2.67 bits per heavy atom. The third-order valence-electron chi connectivity index (χ3n) is 8.23. The number of rotatable bonds is 8. The molecule has 1 amide bonds. The Balaban J connectivity index is 1.45. The zero-order chi connectivity index (χ0) is 27.6. The highest BCUT2D eigenvalue weighted by atomic mass is 79.9. The number of piperidine rings is 1. The van der Waals surface area contributed by atoms with Crippen molar-refractivity contribution in [2.45, 2.75) is 69.4 Å². The highest BCUT2D eigenvalue weighted by Gasteiger charge is 2.61. The molecule has 1 aromatic carbocycles. The van der Waals surface area contributed by atoms with Gasteiger partial charge in [-0.25, -0.2) is 0 Å². The lowest BCUT2D eigenvalue weighted by Crippen LogP contribution is -2.68. The molecule has 1 aliphatic heterocycles. The van der Waals surface area contributed by atoms with E-state index in [2.05, 4.69) is 26.1 Å². The smallest absolute Gasteiger partial charge is 0.308 e. The maximum atomic E-state index is 12.9. The average molecular weight is 616 g/mol. The van der Waals surface area contributed by atoms with Crippen LogP contribution in [0.3, 0.4) is 0 Å². The molecule has 2 aromatic rings. The Kier molecular flexibility index (Phi) is 8.31. The minimum Gasteiger partial charge on any atom is -0.457 e. The van der Waals surface area contributed by atoms with Gasteiger partial charge in [-0.05, 0) is 96.8 Å². The summed E-state index contributed by atoms with van der Waals surface area (Å²) in [6, 6.07) is 9.50. The largest absolute Gasteiger partial charge is 0.457 e. The van der Waals surface area contributed by atoms with E-state index >= 15 is 0 Å². The second kappa shape index (κ2) is 11.6. The van der Waals surface area contributed by atoms with Crippen molar-refractivity contribution in [1.29, 1.82) is 0 Å². The summed E-state index contributed by atoms with van der Waals surface area (Å²) in [6.07, 6.45) is 8.68. The summed E-state index contributed by atoms with van der Waals surface area (Å²) in [4.78, 5) is 40.7. The van der Waals surface area contributed by atoms with E-state index in [1.165, 1.54) is 26.7 Å². The summed E-state index contributed by atoms with van der Waals surface area (Å²) >= 11 is 5.01. The highest BCUT2D eigenvalue weighted by Crippen LogP contribution is 2.54. The van der Waals surface area contributed by atoms with Crippen molar-refractivity contribution in [2.24, 2.45) is 5.92 Å². The van der Waals surface area contributed by atoms with Crippen LogP contribution in [-0.4, -0.2) is 54.0 Å². The number of amides is 1. The number of esters is 2. The minimum atomic E-state index is -0.735. The van der Waals surface area contributed by atoms with E-state index in [1.54, 1.807) is 23.5 Å². The Morgan fingerprint density at radius 1 is 1.15 bits per heavy atom. The lowest BCUT2D eigenvalue weighted by atomic mass is 9.55. The topological polar surface area (TPSA) is 84.9 Å². The van der Waals surface area contributed by atoms with Crippen LogP contribution in [0.15, 0.2) is 46.3 Å². The first-order chi connectivity index (χ1) is 18.7. The molecule has 2 heterocycles. The van der Waals surface area contributed by atoms with Gasteiger partial charge in [0.25, 0.3) is 0 Å². The van der Waals surface area contributed by atoms with Crippen molar-refractivity contribution in [2.75, 3.05) is 19.6 Å². The number of carbonyl (C=O) groups excluding carboxylic acids is 3. The van der Waals surface area contributed by atoms with Gasteiger partial charge in [0, 0.05) is 59.2 Å². The number of thiophene rings is 1. The number of hydrogen-bond donors (Lipinski definition) is 1. The van der Waals surface area contributed by atoms with E-state index in [0.29, 0.717) is 31.6 Å². The molecule has 3 atom stereocenters. The van der Waals surface area contributed by atoms with Gasteiger partial charge in [0.1, 0.15) is 11.4 Å². The molecule has 7 nitrogen and oxygen atoms in total. The number of nitrogens with one attached hydrogen (secondary N) is 1. The van der Waals surface area contributed by atoms with Gasteiger partial charge in [0.15, 0.2) is 0 Å². The molecule has 39 heavy (non-hydrogen) atoms. The summed E-state index contributed by atoms with van der Waals surface area (Å²) in [6.45, 7) is 5.44. The third kappa shape index (κ3) is 6.47. The van der Waals surface area contributed by atoms with Gasteiger partial charge >= 0.3 is 11.9 Å². The summed E-state index contributed by atoms with van der Waals surface area (Å²) < 4.78 is 12.8. The van der Waals surface area contributed by atoms with Crippen LogP contribution >= 0.6 is 27.3 Å². The van der Waals surface area contributed by atoms with Crippen LogP contribution < -0.4 is 10.1 Å². The highest BCUT2D eigenvalue weighted by molar-refractivity contribution is 9.10. The zero-order valence-corrected chi connectivity index (χ0v) is 24.8. The standard InChI is InChI=1S/C30H35BrN2O5S/c1-20(34)37-26-5-3-4-23(14-26)29-12-13-33(17-22-6-7-22)19-30(29,38-21(2)35)11-10-25(16-29)32-28(36)9-8-27-15-24(31)18-39-27/h3-5,8-9,14-15,18,22,25H,6-7,10-13,16-17,19H2,1-2H3,(H,32,36)/b9-8+/t25-,29-,30-/m0/s1. The fourth-order valence-corrected chi connectivity index (χ4v) is 7.81. The molecule has 3 fully saturated rings. The van der Waals surface area contributed by atoms with Crippen molar-refractivity contribution in [3.8, 4) is 5.75 Å². The first-order valence-corrected chi connectivity index (χ1v) is 15.3. The normalized spacial score (nSPS) is 27.1. The average Bonchev–Trinajstić information content (AvgIpc) is 3.59. The van der Waals surface area contributed by atoms with Crippen LogP contribution in [0.1, 0.15) is 62.8 Å². The number of fused-ring (bicyclic) bond motifs is 1. The Bertz CT molecular complexity index is 1270. The number of carbonyl (C=O) groups is 3. The van der Waals surface area contributed by atoms with Gasteiger partial charge in [-0.15, -0.1) is 11.3 Å². The van der Waals surface area contributed by atoms with Crippen LogP contribution in [0.4, 0.5) is 0 Å². The van der Waals surface area contributed by atoms with E-state index in [-0.39, 0.29) is 23.9 Å². The molecule has 1 aromatic heterocycles. The van der Waals surface area contributed by atoms with Gasteiger partial charge in [0.2, 0.25) is 5.91 Å². The lowest BCUT2D eigenvalue weighted by Gasteiger charge is -2.59. The van der Waals surface area contributed by atoms with Crippen molar-refractivity contribution < 1.29 is 23.9 Å². The molecular weight excluding hydrogens is 580 g/mol. The first kappa shape index (κ1) is 28.1. The fourth-order valence-electron chi connectivity index (χ4n) is 6.48. The number of hydrogen-bond acceptors (Lipinski definition) is 7. The summed E-state index contributed by atoms with van der Waals surface area (Å²) in [5, 5.41) is 5.20. The van der Waals surface area contributed by atoms with Gasteiger partial charge in [-0.1, -0.05) is 12.1 Å². The van der Waals surface area contributed by atoms with E-state index < -0.39 is 11.0 Å². The maximum absolute atomic E-state index is 12.9. The molecule has 2 aliphatic carbocycles. The van der Waals surface area contributed by atoms with Crippen LogP contribution in [0, 0.1) is 5.92 Å². The van der Waals surface area contributed by atoms with Crippen molar-refractivity contribution in [1.82, 2.24) is 10.2 Å². The van der Waals surface area contributed by atoms with E-state index in [4.69, 9.17) is 9.47 Å². The quantitative estimate of drug-likeness (QED) is 0.241. The van der Waals surface area contributed by atoms with Crippen LogP contribution in [0.2, 0.25) is 0 Å². The fraction of sp³-hybridized carbons (Fsp3) is 0.500. The molecule has 3 aliphatic rings. The predicted molar refractivity (Wildman–Crippen MR) is 155 cm³/mol. The van der Waals surface area contributed by atoms with Gasteiger partial charge in [0.05, 0.1) is 0 Å². The van der Waals surface area contributed by atoms with Gasteiger partial charge < -0.3 is 14.8 Å². The minimum absolute atomic E-state index is 0.0896. The number of nitrogens with zero attached hydrogens (tertiary/aromatic N) is 1. The molecule has 1 saturated heterocycles. The summed E-state index contributed by atoms with van der Waals surface area (Å²) in [5.74, 6) is 0.387. The number of halogens is 1. The Morgan fingerprint density at radius 2 is 1.97 bits per heavy atom. The van der Waals surface area contributed by atoms with Crippen molar-refractivity contribution >= 4 is 51.2 Å². The maximum Gasteiger partial charge on any atom is 0.308 e. The van der Waals surface area contributed by atoms with E-state index in [9.17, 15) is 14.4 Å². The molecular formula is C30H35BrN2O5S. The Hall–Kier alpha value is -2.49. The molecule has 0 unspecified atom stereocenters. The lowest BCUT2D eigenvalue weighted by molar-refractivity contribution is -0.187. The molecule has 0 bridgehead atoms. The van der Waals surface area contributed by atoms with Crippen LogP contribution in [0.25, 0.3) is 6.08 Å². The van der Waals surface area contributed by atoms with Crippen molar-refractivity contribution in [3.05, 3.63) is 56.7 Å². The summed E-state index contributed by atoms with van der Waals surface area (Å²) in [7, 11) is 0. The molecule has 2 saturated carbocycles. The van der Waals surface area contributed by atoms with Gasteiger partial charge in [-0.3, -0.25) is 19.3 Å². The second-order valence-corrected chi connectivity index (χ2v) is 13.0. The van der Waals surface area contributed by atoms with Gasteiger partial charge in [-0.2, -0.15) is 0 Å². The third-order valence-corrected chi connectivity index (χ3v) is 9.89. The molecule has 208 valence electrons. The van der Waals surface area contributed by atoms with E-state index in [0.717, 1.165) is 40.3 Å². The molecule has 0 spiro atoms. The molecule has 0 radical (unpaired) electrons. The number of ether oxygens (including phenoxy) is 2. The van der Waals surface area contributed by atoms with Crippen molar-refractivity contribution in [3.63, 3.8) is 0 Å². The van der Waals surface area contributed by atoms with E-state index in [1.807, 2.05) is 35.7 Å². The first-order valence-electron chi connectivity index (χ1n) is 13.6. The monoisotopic (exact) mass is 614 g/mol. The molecule has 1 N–H and O–H groups in total. The number of likely N-dealkylation sites (tertiary alicyclic amines) is 1. The Labute approximate surface area is 242 Å². The second-order valence-electron chi connectivity index (χ2n) is 11.2. The zero-order valence-electron chi connectivity index (χ0n) is 22.4. The number of benzene rings is 1.